The van der Waals surface area contributed by atoms with Crippen molar-refractivity contribution >= 4 is 11.6 Å². The molecule has 2 aromatic carbocycles. The topological polar surface area (TPSA) is 47.4 Å². The van der Waals surface area contributed by atoms with Crippen LogP contribution in [0.1, 0.15) is 5.56 Å². The van der Waals surface area contributed by atoms with Crippen molar-refractivity contribution in [1.82, 2.24) is 9.78 Å². The Labute approximate surface area is 144 Å². The summed E-state index contributed by atoms with van der Waals surface area (Å²) in [5.41, 5.74) is 2.96. The number of carbonyl (C=O) groups excluding carboxylic acids is 1. The summed E-state index contributed by atoms with van der Waals surface area (Å²) in [6.45, 7) is 0.443. The Balaban J connectivity index is 1.64. The van der Waals surface area contributed by atoms with Gasteiger partial charge in [0.15, 0.2) is 0 Å². The normalized spacial score (nSPS) is 12.1. The molecule has 4 rings (SSSR count). The Morgan fingerprint density at radius 2 is 2.00 bits per heavy atom. The molecule has 0 spiro atoms. The highest BCUT2D eigenvalue weighted by atomic mass is 19.1. The summed E-state index contributed by atoms with van der Waals surface area (Å²) in [5, 5.41) is 4.33. The van der Waals surface area contributed by atoms with Gasteiger partial charge in [0.25, 0.3) is 0 Å². The number of aromatic nitrogens is 2. The number of fused-ring (bicyclic) bond motifs is 3. The lowest BCUT2D eigenvalue weighted by Crippen LogP contribution is -2.31. The number of benzene rings is 2. The first-order chi connectivity index (χ1) is 12.1. The van der Waals surface area contributed by atoms with Gasteiger partial charge in [0, 0.05) is 18.2 Å². The van der Waals surface area contributed by atoms with Crippen LogP contribution in [0.2, 0.25) is 0 Å². The average molecular weight is 337 g/mol. The number of hydrogen-bond donors (Lipinski definition) is 0. The quantitative estimate of drug-likeness (QED) is 0.737. The van der Waals surface area contributed by atoms with E-state index in [0.29, 0.717) is 6.61 Å². The lowest BCUT2D eigenvalue weighted by Gasteiger charge is -2.21. The summed E-state index contributed by atoms with van der Waals surface area (Å²) in [6, 6.07) is 13.9. The Kier molecular flexibility index (Phi) is 3.72. The van der Waals surface area contributed by atoms with E-state index in [1.807, 2.05) is 24.3 Å². The van der Waals surface area contributed by atoms with Crippen molar-refractivity contribution < 1.29 is 13.9 Å². The summed E-state index contributed by atoms with van der Waals surface area (Å²) in [6.07, 6.45) is 1.71. The number of halogens is 1. The number of para-hydroxylation sites is 2. The van der Waals surface area contributed by atoms with E-state index in [9.17, 15) is 9.18 Å². The fourth-order valence-electron chi connectivity index (χ4n) is 3.00. The molecule has 0 saturated heterocycles. The van der Waals surface area contributed by atoms with E-state index in [2.05, 4.69) is 5.10 Å². The summed E-state index contributed by atoms with van der Waals surface area (Å²) in [5.74, 6) is 0.0891. The molecule has 0 N–H and O–H groups in total. The first-order valence-electron chi connectivity index (χ1n) is 7.93. The van der Waals surface area contributed by atoms with Crippen LogP contribution >= 0.6 is 0 Å². The van der Waals surface area contributed by atoms with Crippen LogP contribution in [-0.4, -0.2) is 22.7 Å². The molecule has 0 saturated carbocycles. The lowest BCUT2D eigenvalue weighted by atomic mass is 10.0. The van der Waals surface area contributed by atoms with Gasteiger partial charge in [-0.3, -0.25) is 9.48 Å². The van der Waals surface area contributed by atoms with Crippen LogP contribution in [0, 0.1) is 5.82 Å². The maximum absolute atomic E-state index is 13.9. The van der Waals surface area contributed by atoms with Crippen LogP contribution in [0.15, 0.2) is 54.7 Å². The fourth-order valence-corrected chi connectivity index (χ4v) is 3.00. The van der Waals surface area contributed by atoms with Gasteiger partial charge in [-0.25, -0.2) is 4.39 Å². The van der Waals surface area contributed by atoms with Gasteiger partial charge in [0.2, 0.25) is 5.91 Å². The van der Waals surface area contributed by atoms with Gasteiger partial charge in [0.1, 0.15) is 24.7 Å². The van der Waals surface area contributed by atoms with Crippen molar-refractivity contribution in [3.05, 3.63) is 66.1 Å². The van der Waals surface area contributed by atoms with Crippen LogP contribution in [-0.2, 0) is 17.9 Å². The summed E-state index contributed by atoms with van der Waals surface area (Å²) < 4.78 is 21.3. The second-order valence-electron chi connectivity index (χ2n) is 5.87. The molecular weight excluding hydrogens is 321 g/mol. The highest BCUT2D eigenvalue weighted by molar-refractivity contribution is 5.93. The van der Waals surface area contributed by atoms with Crippen LogP contribution in [0.5, 0.6) is 5.75 Å². The van der Waals surface area contributed by atoms with Gasteiger partial charge in [-0.1, -0.05) is 24.3 Å². The molecule has 0 radical (unpaired) electrons. The van der Waals surface area contributed by atoms with Crippen LogP contribution < -0.4 is 9.64 Å². The maximum Gasteiger partial charge on any atom is 0.248 e. The third-order valence-electron chi connectivity index (χ3n) is 4.31. The van der Waals surface area contributed by atoms with E-state index < -0.39 is 5.82 Å². The maximum atomic E-state index is 13.9. The molecule has 0 atom stereocenters. The van der Waals surface area contributed by atoms with Crippen molar-refractivity contribution in [3.8, 4) is 17.0 Å². The van der Waals surface area contributed by atoms with Gasteiger partial charge in [-0.05, 0) is 24.3 Å². The highest BCUT2D eigenvalue weighted by Crippen LogP contribution is 2.37. The lowest BCUT2D eigenvalue weighted by molar-refractivity contribution is -0.119. The number of likely N-dealkylation sites (N-methyl/N-ethyl adjacent to an activating group) is 1. The Morgan fingerprint density at radius 1 is 1.24 bits per heavy atom. The second kappa shape index (κ2) is 6.05. The molecule has 5 nitrogen and oxygen atoms in total. The van der Waals surface area contributed by atoms with Crippen LogP contribution in [0.3, 0.4) is 0 Å². The molecule has 6 heteroatoms. The van der Waals surface area contributed by atoms with Gasteiger partial charge in [-0.15, -0.1) is 0 Å². The van der Waals surface area contributed by atoms with Crippen LogP contribution in [0.25, 0.3) is 11.3 Å². The molecule has 0 aliphatic carbocycles. The minimum Gasteiger partial charge on any atom is -0.488 e. The number of rotatable bonds is 3. The summed E-state index contributed by atoms with van der Waals surface area (Å²) in [7, 11) is 1.56. The Bertz CT molecular complexity index is 951. The molecule has 126 valence electrons. The number of hydrogen-bond acceptors (Lipinski definition) is 3. The predicted octanol–water partition coefficient (Wildman–Crippen LogP) is 3.24. The number of nitrogens with zero attached hydrogens (tertiary/aromatic N) is 3. The zero-order chi connectivity index (χ0) is 17.4. The van der Waals surface area contributed by atoms with Crippen molar-refractivity contribution in [1.29, 1.82) is 0 Å². The SMILES string of the molecule is CN(C(=O)Cn1ncc2c1-c1ccccc1OC2)c1ccccc1F. The number of carbonyl (C=O) groups is 1. The Morgan fingerprint density at radius 3 is 2.84 bits per heavy atom. The molecule has 1 aliphatic rings. The van der Waals surface area contributed by atoms with Crippen LogP contribution in [0.4, 0.5) is 10.1 Å². The van der Waals surface area contributed by atoms with Crippen molar-refractivity contribution in [3.63, 3.8) is 0 Å². The van der Waals surface area contributed by atoms with Gasteiger partial charge < -0.3 is 9.64 Å². The molecule has 2 heterocycles. The van der Waals surface area contributed by atoms with Crippen molar-refractivity contribution in [2.75, 3.05) is 11.9 Å². The second-order valence-corrected chi connectivity index (χ2v) is 5.87. The van der Waals surface area contributed by atoms with Crippen molar-refractivity contribution in [2.24, 2.45) is 0 Å². The van der Waals surface area contributed by atoms with Crippen molar-refractivity contribution in [2.45, 2.75) is 13.2 Å². The third-order valence-corrected chi connectivity index (χ3v) is 4.31. The zero-order valence-corrected chi connectivity index (χ0v) is 13.6. The number of amides is 1. The molecule has 0 bridgehead atoms. The van der Waals surface area contributed by atoms with E-state index in [4.69, 9.17) is 4.74 Å². The molecule has 0 fully saturated rings. The molecule has 3 aromatic rings. The largest absolute Gasteiger partial charge is 0.488 e. The number of anilines is 1. The Hall–Kier alpha value is -3.15. The predicted molar refractivity (Wildman–Crippen MR) is 91.8 cm³/mol. The summed E-state index contributed by atoms with van der Waals surface area (Å²) in [4.78, 5) is 13.9. The molecule has 25 heavy (non-hydrogen) atoms. The van der Waals surface area contributed by atoms with Gasteiger partial charge >= 0.3 is 0 Å². The zero-order valence-electron chi connectivity index (χ0n) is 13.6. The fraction of sp³-hybridized carbons (Fsp3) is 0.158. The standard InChI is InChI=1S/C19H16FN3O2/c1-22(16-8-4-3-7-15(16)20)18(24)11-23-19-13(10-21-23)12-25-17-9-5-2-6-14(17)19/h2-10H,11-12H2,1H3. The van der Waals surface area contributed by atoms with E-state index >= 15 is 0 Å². The molecule has 1 aliphatic heterocycles. The van der Waals surface area contributed by atoms with E-state index in [1.165, 1.54) is 11.0 Å². The molecule has 0 unspecified atom stereocenters. The smallest absolute Gasteiger partial charge is 0.248 e. The van der Waals surface area contributed by atoms with E-state index in [1.54, 1.807) is 36.1 Å². The minimum atomic E-state index is -0.431. The minimum absolute atomic E-state index is 0.0223. The van der Waals surface area contributed by atoms with Gasteiger partial charge in [0.05, 0.1) is 17.6 Å². The summed E-state index contributed by atoms with van der Waals surface area (Å²) >= 11 is 0. The van der Waals surface area contributed by atoms with E-state index in [-0.39, 0.29) is 18.1 Å². The first-order valence-corrected chi connectivity index (χ1v) is 7.93. The molecule has 1 aromatic heterocycles. The average Bonchev–Trinajstić information content (AvgIpc) is 3.05. The van der Waals surface area contributed by atoms with Gasteiger partial charge in [-0.2, -0.15) is 5.10 Å². The molecule has 1 amide bonds. The first kappa shape index (κ1) is 15.4. The third kappa shape index (κ3) is 2.65. The van der Waals surface area contributed by atoms with E-state index in [0.717, 1.165) is 22.6 Å². The number of ether oxygens (including phenoxy) is 1. The highest BCUT2D eigenvalue weighted by Gasteiger charge is 2.24. The molecular formula is C19H16FN3O2. The monoisotopic (exact) mass is 337 g/mol.